The van der Waals surface area contributed by atoms with Crippen molar-refractivity contribution in [2.75, 3.05) is 6.61 Å². The molecule has 0 saturated heterocycles. The Morgan fingerprint density at radius 1 is 0.750 bits per heavy atom. The Hall–Kier alpha value is -1.06. The molecule has 0 spiro atoms. The van der Waals surface area contributed by atoms with Gasteiger partial charge < -0.3 is 9.47 Å². The zero-order valence-corrected chi connectivity index (χ0v) is 19.3. The number of hydrogen-bond donors (Lipinski definition) is 0. The van der Waals surface area contributed by atoms with Crippen LogP contribution in [0.1, 0.15) is 125 Å². The number of carbonyl (C=O) groups is 2. The predicted molar refractivity (Wildman–Crippen MR) is 116 cm³/mol. The first-order chi connectivity index (χ1) is 13.2. The molecule has 0 saturated carbocycles. The number of esters is 2. The zero-order chi connectivity index (χ0) is 21.3. The third-order valence-corrected chi connectivity index (χ3v) is 4.78. The molecule has 0 amide bonds. The van der Waals surface area contributed by atoms with Crippen molar-refractivity contribution >= 4 is 11.9 Å². The van der Waals surface area contributed by atoms with Gasteiger partial charge in [0.1, 0.15) is 0 Å². The average Bonchev–Trinajstić information content (AvgIpc) is 2.59. The molecule has 166 valence electrons. The van der Waals surface area contributed by atoms with Crippen LogP contribution in [0, 0.1) is 5.41 Å². The summed E-state index contributed by atoms with van der Waals surface area (Å²) in [7, 11) is 0. The second-order valence-corrected chi connectivity index (χ2v) is 9.32. The SMILES string of the molecule is CCCCCCCCCCCCCOC(=O)CCC(=O)OC(C)CC(C)(C)C. The summed E-state index contributed by atoms with van der Waals surface area (Å²) in [6.45, 7) is 11.0. The molecule has 0 rings (SSSR count). The maximum Gasteiger partial charge on any atom is 0.306 e. The van der Waals surface area contributed by atoms with Crippen LogP contribution in [0.4, 0.5) is 0 Å². The van der Waals surface area contributed by atoms with Crippen molar-refractivity contribution < 1.29 is 19.1 Å². The second-order valence-electron chi connectivity index (χ2n) is 9.32. The molecule has 28 heavy (non-hydrogen) atoms. The van der Waals surface area contributed by atoms with Crippen LogP contribution in [-0.4, -0.2) is 24.6 Å². The molecule has 1 unspecified atom stereocenters. The van der Waals surface area contributed by atoms with Crippen LogP contribution in [-0.2, 0) is 19.1 Å². The monoisotopic (exact) mass is 398 g/mol. The van der Waals surface area contributed by atoms with E-state index in [4.69, 9.17) is 9.47 Å². The minimum absolute atomic E-state index is 0.103. The smallest absolute Gasteiger partial charge is 0.306 e. The summed E-state index contributed by atoms with van der Waals surface area (Å²) in [5.41, 5.74) is 0.118. The Morgan fingerprint density at radius 2 is 1.21 bits per heavy atom. The van der Waals surface area contributed by atoms with Crippen molar-refractivity contribution in [2.24, 2.45) is 5.41 Å². The fourth-order valence-corrected chi connectivity index (χ4v) is 3.42. The van der Waals surface area contributed by atoms with E-state index >= 15 is 0 Å². The van der Waals surface area contributed by atoms with Gasteiger partial charge in [0, 0.05) is 0 Å². The molecule has 0 aliphatic carbocycles. The third-order valence-electron chi connectivity index (χ3n) is 4.78. The number of carbonyl (C=O) groups excluding carboxylic acids is 2. The number of rotatable bonds is 17. The maximum absolute atomic E-state index is 11.8. The van der Waals surface area contributed by atoms with Gasteiger partial charge in [-0.05, 0) is 25.2 Å². The predicted octanol–water partition coefficient (Wildman–Crippen LogP) is 6.99. The molecule has 0 bridgehead atoms. The van der Waals surface area contributed by atoms with Crippen LogP contribution in [0.5, 0.6) is 0 Å². The van der Waals surface area contributed by atoms with Crippen molar-refractivity contribution in [2.45, 2.75) is 131 Å². The van der Waals surface area contributed by atoms with Gasteiger partial charge in [0.2, 0.25) is 0 Å². The summed E-state index contributed by atoms with van der Waals surface area (Å²) in [5.74, 6) is -0.615. The fourth-order valence-electron chi connectivity index (χ4n) is 3.42. The molecule has 0 aliphatic rings. The molecule has 4 nitrogen and oxygen atoms in total. The largest absolute Gasteiger partial charge is 0.466 e. The summed E-state index contributed by atoms with van der Waals surface area (Å²) in [4.78, 5) is 23.5. The van der Waals surface area contributed by atoms with E-state index in [-0.39, 0.29) is 36.3 Å². The normalized spacial score (nSPS) is 12.6. The molecule has 4 heteroatoms. The van der Waals surface area contributed by atoms with Gasteiger partial charge >= 0.3 is 11.9 Å². The van der Waals surface area contributed by atoms with E-state index in [1.54, 1.807) is 0 Å². The highest BCUT2D eigenvalue weighted by Crippen LogP contribution is 2.22. The van der Waals surface area contributed by atoms with E-state index in [1.807, 2.05) is 6.92 Å². The summed E-state index contributed by atoms with van der Waals surface area (Å²) in [6.07, 6.45) is 14.9. The zero-order valence-electron chi connectivity index (χ0n) is 19.3. The van der Waals surface area contributed by atoms with Crippen LogP contribution >= 0.6 is 0 Å². The van der Waals surface area contributed by atoms with E-state index in [0.29, 0.717) is 6.61 Å². The van der Waals surface area contributed by atoms with Crippen molar-refractivity contribution in [1.82, 2.24) is 0 Å². The first-order valence-corrected chi connectivity index (χ1v) is 11.6. The standard InChI is InChI=1S/C24H46O4/c1-6-7-8-9-10-11-12-13-14-15-16-19-27-22(25)17-18-23(26)28-21(2)20-24(3,4)5/h21H,6-20H2,1-5H3. The topological polar surface area (TPSA) is 52.6 Å². The van der Waals surface area contributed by atoms with Gasteiger partial charge in [0.15, 0.2) is 0 Å². The highest BCUT2D eigenvalue weighted by atomic mass is 16.5. The van der Waals surface area contributed by atoms with Crippen molar-refractivity contribution in [1.29, 1.82) is 0 Å². The Morgan fingerprint density at radius 3 is 1.71 bits per heavy atom. The highest BCUT2D eigenvalue weighted by Gasteiger charge is 2.19. The molecule has 0 heterocycles. The summed E-state index contributed by atoms with van der Waals surface area (Å²) < 4.78 is 10.6. The number of unbranched alkanes of at least 4 members (excludes halogenated alkanes) is 10. The van der Waals surface area contributed by atoms with Gasteiger partial charge in [0.05, 0.1) is 25.6 Å². The Labute approximate surface area is 174 Å². The average molecular weight is 399 g/mol. The minimum Gasteiger partial charge on any atom is -0.466 e. The Kier molecular flexibility index (Phi) is 16.2. The van der Waals surface area contributed by atoms with Gasteiger partial charge in [-0.1, -0.05) is 91.9 Å². The Bertz CT molecular complexity index is 398. The van der Waals surface area contributed by atoms with E-state index in [0.717, 1.165) is 19.3 Å². The van der Waals surface area contributed by atoms with Crippen LogP contribution < -0.4 is 0 Å². The van der Waals surface area contributed by atoms with E-state index in [9.17, 15) is 9.59 Å². The van der Waals surface area contributed by atoms with Crippen LogP contribution in [0.3, 0.4) is 0 Å². The van der Waals surface area contributed by atoms with Crippen LogP contribution in [0.25, 0.3) is 0 Å². The van der Waals surface area contributed by atoms with Crippen molar-refractivity contribution in [3.8, 4) is 0 Å². The lowest BCUT2D eigenvalue weighted by molar-refractivity contribution is -0.154. The van der Waals surface area contributed by atoms with Gasteiger partial charge in [-0.2, -0.15) is 0 Å². The van der Waals surface area contributed by atoms with E-state index < -0.39 is 0 Å². The summed E-state index contributed by atoms with van der Waals surface area (Å²) in [5, 5.41) is 0. The second kappa shape index (κ2) is 16.9. The van der Waals surface area contributed by atoms with Gasteiger partial charge in [-0.25, -0.2) is 0 Å². The summed E-state index contributed by atoms with van der Waals surface area (Å²) in [6, 6.07) is 0. The van der Waals surface area contributed by atoms with E-state index in [1.165, 1.54) is 57.8 Å². The molecule has 0 fully saturated rings. The lowest BCUT2D eigenvalue weighted by Crippen LogP contribution is -2.21. The Balaban J connectivity index is 3.47. The lowest BCUT2D eigenvalue weighted by Gasteiger charge is -2.23. The summed E-state index contributed by atoms with van der Waals surface area (Å²) >= 11 is 0. The molecule has 0 aromatic heterocycles. The quantitative estimate of drug-likeness (QED) is 0.196. The molecular formula is C24H46O4. The molecule has 0 aromatic carbocycles. The van der Waals surface area contributed by atoms with Gasteiger partial charge in [-0.3, -0.25) is 9.59 Å². The maximum atomic E-state index is 11.8. The van der Waals surface area contributed by atoms with Gasteiger partial charge in [-0.15, -0.1) is 0 Å². The molecule has 0 N–H and O–H groups in total. The number of hydrogen-bond acceptors (Lipinski definition) is 4. The highest BCUT2D eigenvalue weighted by molar-refractivity contribution is 5.77. The van der Waals surface area contributed by atoms with Crippen LogP contribution in [0.2, 0.25) is 0 Å². The molecular weight excluding hydrogens is 352 g/mol. The minimum atomic E-state index is -0.316. The lowest BCUT2D eigenvalue weighted by atomic mass is 9.90. The molecule has 0 radical (unpaired) electrons. The molecule has 0 aliphatic heterocycles. The number of ether oxygens (including phenoxy) is 2. The van der Waals surface area contributed by atoms with Crippen molar-refractivity contribution in [3.05, 3.63) is 0 Å². The third kappa shape index (κ3) is 19.7. The molecule has 1 atom stereocenters. The van der Waals surface area contributed by atoms with Gasteiger partial charge in [0.25, 0.3) is 0 Å². The first kappa shape index (κ1) is 26.9. The first-order valence-electron chi connectivity index (χ1n) is 11.6. The van der Waals surface area contributed by atoms with Crippen LogP contribution in [0.15, 0.2) is 0 Å². The van der Waals surface area contributed by atoms with Crippen molar-refractivity contribution in [3.63, 3.8) is 0 Å². The fraction of sp³-hybridized carbons (Fsp3) is 0.917. The molecule has 0 aromatic rings. The van der Waals surface area contributed by atoms with E-state index in [2.05, 4.69) is 27.7 Å².